The van der Waals surface area contributed by atoms with Crippen molar-refractivity contribution < 1.29 is 26.3 Å². The van der Waals surface area contributed by atoms with Crippen LogP contribution in [0, 0.1) is 34.9 Å². The lowest BCUT2D eigenvalue weighted by atomic mass is 10.0. The molecule has 0 amide bonds. The maximum atomic E-state index is 13.7. The Labute approximate surface area is 105 Å². The molecule has 0 bridgehead atoms. The number of hydrogen-bond donors (Lipinski definition) is 0. The van der Waals surface area contributed by atoms with E-state index in [9.17, 15) is 26.3 Å². The number of thiophene rings is 1. The molecule has 0 nitrogen and oxygen atoms in total. The summed E-state index contributed by atoms with van der Waals surface area (Å²) in [5.41, 5.74) is 0. The Hall–Kier alpha value is -1.76. The first kappa shape index (κ1) is 12.3. The zero-order valence-electron chi connectivity index (χ0n) is 8.83. The van der Waals surface area contributed by atoms with E-state index in [1.54, 1.807) is 0 Å². The van der Waals surface area contributed by atoms with Crippen LogP contribution in [0.2, 0.25) is 0 Å². The molecule has 1 heterocycles. The van der Waals surface area contributed by atoms with E-state index in [1.807, 2.05) is 0 Å². The van der Waals surface area contributed by atoms with Crippen molar-refractivity contribution in [2.45, 2.75) is 0 Å². The highest BCUT2D eigenvalue weighted by atomic mass is 32.1. The predicted octanol–water partition coefficient (Wildman–Crippen LogP) is 4.89. The van der Waals surface area contributed by atoms with Crippen molar-refractivity contribution >= 4 is 32.9 Å². The van der Waals surface area contributed by atoms with Gasteiger partial charge in [-0.05, 0) is 5.38 Å². The number of fused-ring (bicyclic) bond motifs is 3. The second kappa shape index (κ2) is 3.86. The second-order valence-corrected chi connectivity index (χ2v) is 4.58. The Morgan fingerprint density at radius 2 is 1.00 bits per heavy atom. The van der Waals surface area contributed by atoms with E-state index < -0.39 is 45.7 Å². The summed E-state index contributed by atoms with van der Waals surface area (Å²) in [5.74, 6) is -11.1. The molecule has 0 saturated heterocycles. The predicted molar refractivity (Wildman–Crippen MR) is 59.1 cm³/mol. The van der Waals surface area contributed by atoms with E-state index in [2.05, 4.69) is 0 Å². The average Bonchev–Trinajstić information content (AvgIpc) is 2.87. The van der Waals surface area contributed by atoms with Crippen LogP contribution in [0.15, 0.2) is 10.8 Å². The monoisotopic (exact) mass is 292 g/mol. The Morgan fingerprint density at radius 1 is 0.526 bits per heavy atom. The minimum Gasteiger partial charge on any atom is -0.203 e. The molecule has 0 unspecified atom stereocenters. The van der Waals surface area contributed by atoms with Crippen LogP contribution >= 0.6 is 11.3 Å². The summed E-state index contributed by atoms with van der Waals surface area (Å²) in [7, 11) is 0. The Bertz CT molecular complexity index is 836. The SMILES string of the molecule is Fc1c(F)c(F)c2c(c1F)c(F)c(F)c1cscc12. The molecule has 3 rings (SSSR count). The largest absolute Gasteiger partial charge is 0.203 e. The van der Waals surface area contributed by atoms with E-state index >= 15 is 0 Å². The van der Waals surface area contributed by atoms with E-state index in [0.29, 0.717) is 0 Å². The summed E-state index contributed by atoms with van der Waals surface area (Å²) >= 11 is 0.903. The molecule has 0 atom stereocenters. The maximum absolute atomic E-state index is 13.7. The third-order valence-electron chi connectivity index (χ3n) is 2.85. The molecule has 3 aromatic rings. The van der Waals surface area contributed by atoms with Crippen molar-refractivity contribution in [2.24, 2.45) is 0 Å². The van der Waals surface area contributed by atoms with E-state index in [4.69, 9.17) is 0 Å². The lowest BCUT2D eigenvalue weighted by Crippen LogP contribution is -2.02. The number of hydrogen-bond acceptors (Lipinski definition) is 1. The average molecular weight is 292 g/mol. The number of benzene rings is 2. The standard InChI is InChI=1S/C12H2F6S/c13-7-4-2-19-1-3(4)5-6(9(7)15)10(16)12(18)11(17)8(5)14/h1-2H. The van der Waals surface area contributed by atoms with E-state index in [1.165, 1.54) is 10.8 Å². The van der Waals surface area contributed by atoms with Crippen LogP contribution in [0.3, 0.4) is 0 Å². The van der Waals surface area contributed by atoms with Crippen LogP contribution < -0.4 is 0 Å². The van der Waals surface area contributed by atoms with Crippen molar-refractivity contribution in [3.63, 3.8) is 0 Å². The van der Waals surface area contributed by atoms with Crippen molar-refractivity contribution in [3.8, 4) is 0 Å². The van der Waals surface area contributed by atoms with Gasteiger partial charge in [0, 0.05) is 21.5 Å². The summed E-state index contributed by atoms with van der Waals surface area (Å²) < 4.78 is 80.8. The normalized spacial score (nSPS) is 11.7. The minimum atomic E-state index is -2.17. The molecule has 0 aliphatic carbocycles. The van der Waals surface area contributed by atoms with Gasteiger partial charge in [-0.15, -0.1) is 0 Å². The van der Waals surface area contributed by atoms with Crippen LogP contribution in [-0.4, -0.2) is 0 Å². The quantitative estimate of drug-likeness (QED) is 0.314. The van der Waals surface area contributed by atoms with Crippen LogP contribution in [0.5, 0.6) is 0 Å². The molecule has 0 N–H and O–H groups in total. The first-order valence-electron chi connectivity index (χ1n) is 4.93. The van der Waals surface area contributed by atoms with E-state index in [-0.39, 0.29) is 10.8 Å². The van der Waals surface area contributed by atoms with Gasteiger partial charge in [0.1, 0.15) is 0 Å². The fraction of sp³-hybridized carbons (Fsp3) is 0. The highest BCUT2D eigenvalue weighted by molar-refractivity contribution is 7.09. The molecule has 2 aromatic carbocycles. The molecule has 0 spiro atoms. The highest BCUT2D eigenvalue weighted by Crippen LogP contribution is 2.37. The van der Waals surface area contributed by atoms with Gasteiger partial charge >= 0.3 is 0 Å². The Kier molecular flexibility index (Phi) is 2.50. The summed E-state index contributed by atoms with van der Waals surface area (Å²) in [6.07, 6.45) is 0. The van der Waals surface area contributed by atoms with Crippen molar-refractivity contribution in [1.82, 2.24) is 0 Å². The van der Waals surface area contributed by atoms with Crippen molar-refractivity contribution in [3.05, 3.63) is 45.7 Å². The highest BCUT2D eigenvalue weighted by Gasteiger charge is 2.27. The molecule has 7 heteroatoms. The Morgan fingerprint density at radius 3 is 1.63 bits per heavy atom. The number of rotatable bonds is 0. The third kappa shape index (κ3) is 1.42. The molecule has 0 aliphatic rings. The van der Waals surface area contributed by atoms with Crippen LogP contribution in [0.4, 0.5) is 26.3 Å². The molecule has 0 saturated carbocycles. The lowest BCUT2D eigenvalue weighted by Gasteiger charge is -2.08. The first-order valence-corrected chi connectivity index (χ1v) is 5.88. The molecule has 0 fully saturated rings. The summed E-state index contributed by atoms with van der Waals surface area (Å²) in [4.78, 5) is 0. The maximum Gasteiger partial charge on any atom is 0.198 e. The lowest BCUT2D eigenvalue weighted by molar-refractivity contribution is 0.415. The first-order chi connectivity index (χ1) is 8.95. The Balaban J connectivity index is 2.77. The smallest absolute Gasteiger partial charge is 0.198 e. The summed E-state index contributed by atoms with van der Waals surface area (Å²) in [5, 5.41) is -0.147. The van der Waals surface area contributed by atoms with Gasteiger partial charge in [-0.3, -0.25) is 0 Å². The van der Waals surface area contributed by atoms with Crippen LogP contribution in [0.25, 0.3) is 21.5 Å². The van der Waals surface area contributed by atoms with Crippen molar-refractivity contribution in [2.75, 3.05) is 0 Å². The topological polar surface area (TPSA) is 0 Å². The van der Waals surface area contributed by atoms with Crippen molar-refractivity contribution in [1.29, 1.82) is 0 Å². The molecule has 1 aromatic heterocycles. The van der Waals surface area contributed by atoms with Gasteiger partial charge in [0.25, 0.3) is 0 Å². The van der Waals surface area contributed by atoms with Gasteiger partial charge in [-0.25, -0.2) is 26.3 Å². The molecular weight excluding hydrogens is 290 g/mol. The second-order valence-electron chi connectivity index (χ2n) is 3.83. The van der Waals surface area contributed by atoms with Gasteiger partial charge < -0.3 is 0 Å². The molecule has 0 aliphatic heterocycles. The fourth-order valence-corrected chi connectivity index (χ4v) is 2.79. The zero-order chi connectivity index (χ0) is 13.9. The molecule has 0 radical (unpaired) electrons. The van der Waals surface area contributed by atoms with Gasteiger partial charge in [-0.1, -0.05) is 0 Å². The van der Waals surface area contributed by atoms with E-state index in [0.717, 1.165) is 11.3 Å². The molecule has 19 heavy (non-hydrogen) atoms. The summed E-state index contributed by atoms with van der Waals surface area (Å²) in [6.45, 7) is 0. The van der Waals surface area contributed by atoms with Crippen LogP contribution in [0.1, 0.15) is 0 Å². The minimum absolute atomic E-state index is 0.200. The van der Waals surface area contributed by atoms with Gasteiger partial charge in [0.15, 0.2) is 34.9 Å². The molecule has 98 valence electrons. The van der Waals surface area contributed by atoms with Crippen LogP contribution in [-0.2, 0) is 0 Å². The third-order valence-corrected chi connectivity index (χ3v) is 3.59. The summed E-state index contributed by atoms with van der Waals surface area (Å²) in [6, 6.07) is 0. The van der Waals surface area contributed by atoms with Gasteiger partial charge in [0.05, 0.1) is 5.39 Å². The molecular formula is C12H2F6S. The van der Waals surface area contributed by atoms with Gasteiger partial charge in [0.2, 0.25) is 0 Å². The zero-order valence-corrected chi connectivity index (χ0v) is 9.65. The fourth-order valence-electron chi connectivity index (χ4n) is 1.98. The van der Waals surface area contributed by atoms with Gasteiger partial charge in [-0.2, -0.15) is 11.3 Å². The number of halogens is 6.